The van der Waals surface area contributed by atoms with Crippen LogP contribution in [0.4, 0.5) is 9.93 Å². The first-order chi connectivity index (χ1) is 11.0. The molecular formula is C15H16N4O3S. The molecule has 1 atom stereocenters. The van der Waals surface area contributed by atoms with E-state index in [1.807, 2.05) is 6.07 Å². The SMILES string of the molecule is C[C@H](O)CN(C)C(=O)Nc1ncc(Oc2ccccc2C#N)s1. The fourth-order valence-corrected chi connectivity index (χ4v) is 2.46. The third-order valence-electron chi connectivity index (χ3n) is 2.80. The minimum absolute atomic E-state index is 0.218. The monoisotopic (exact) mass is 332 g/mol. The van der Waals surface area contributed by atoms with Gasteiger partial charge in [0.2, 0.25) is 5.06 Å². The molecule has 8 heteroatoms. The quantitative estimate of drug-likeness (QED) is 0.877. The summed E-state index contributed by atoms with van der Waals surface area (Å²) in [5.41, 5.74) is 0.420. The average molecular weight is 332 g/mol. The maximum absolute atomic E-state index is 11.9. The number of carbonyl (C=O) groups is 1. The number of hydrogen-bond acceptors (Lipinski definition) is 6. The molecule has 2 N–H and O–H groups in total. The molecule has 2 amide bonds. The maximum Gasteiger partial charge on any atom is 0.323 e. The molecule has 1 aromatic carbocycles. The lowest BCUT2D eigenvalue weighted by Crippen LogP contribution is -2.36. The third-order valence-corrected chi connectivity index (χ3v) is 3.59. The number of nitriles is 1. The smallest absolute Gasteiger partial charge is 0.323 e. The van der Waals surface area contributed by atoms with E-state index >= 15 is 0 Å². The number of nitrogens with one attached hydrogen (secondary N) is 1. The van der Waals surface area contributed by atoms with Gasteiger partial charge in [0.05, 0.1) is 17.9 Å². The van der Waals surface area contributed by atoms with Gasteiger partial charge in [0, 0.05) is 13.6 Å². The van der Waals surface area contributed by atoms with Crippen molar-refractivity contribution in [3.8, 4) is 16.9 Å². The van der Waals surface area contributed by atoms with Crippen molar-refractivity contribution in [3.63, 3.8) is 0 Å². The normalized spacial score (nSPS) is 11.4. The van der Waals surface area contributed by atoms with Crippen LogP contribution in [0.2, 0.25) is 0 Å². The molecule has 1 aromatic heterocycles. The molecular weight excluding hydrogens is 316 g/mol. The molecule has 0 radical (unpaired) electrons. The molecule has 0 spiro atoms. The van der Waals surface area contributed by atoms with Crippen LogP contribution in [-0.4, -0.2) is 40.7 Å². The topological polar surface area (TPSA) is 98.5 Å². The lowest BCUT2D eigenvalue weighted by molar-refractivity contribution is 0.149. The first-order valence-electron chi connectivity index (χ1n) is 6.82. The predicted molar refractivity (Wildman–Crippen MR) is 86.7 cm³/mol. The van der Waals surface area contributed by atoms with E-state index < -0.39 is 6.10 Å². The molecule has 7 nitrogen and oxygen atoms in total. The van der Waals surface area contributed by atoms with E-state index in [1.54, 1.807) is 38.2 Å². The van der Waals surface area contributed by atoms with Crippen molar-refractivity contribution in [1.29, 1.82) is 5.26 Å². The fourth-order valence-electron chi connectivity index (χ4n) is 1.79. The van der Waals surface area contributed by atoms with Crippen molar-refractivity contribution in [2.45, 2.75) is 13.0 Å². The number of carbonyl (C=O) groups excluding carboxylic acids is 1. The number of para-hydroxylation sites is 1. The van der Waals surface area contributed by atoms with Crippen LogP contribution in [0.3, 0.4) is 0 Å². The number of aliphatic hydroxyl groups excluding tert-OH is 1. The number of hydrogen-bond donors (Lipinski definition) is 2. The Morgan fingerprint density at radius 2 is 2.30 bits per heavy atom. The molecule has 0 unspecified atom stereocenters. The zero-order valence-electron chi connectivity index (χ0n) is 12.7. The molecule has 23 heavy (non-hydrogen) atoms. The molecule has 2 aromatic rings. The highest BCUT2D eigenvalue weighted by Gasteiger charge is 2.14. The second-order valence-electron chi connectivity index (χ2n) is 4.85. The van der Waals surface area contributed by atoms with Crippen LogP contribution < -0.4 is 10.1 Å². The van der Waals surface area contributed by atoms with Gasteiger partial charge in [0.25, 0.3) is 0 Å². The summed E-state index contributed by atoms with van der Waals surface area (Å²) >= 11 is 1.15. The van der Waals surface area contributed by atoms with Gasteiger partial charge in [-0.3, -0.25) is 5.32 Å². The van der Waals surface area contributed by atoms with E-state index in [4.69, 9.17) is 10.00 Å². The van der Waals surface area contributed by atoms with Crippen LogP contribution >= 0.6 is 11.3 Å². The molecule has 1 heterocycles. The van der Waals surface area contributed by atoms with Gasteiger partial charge in [-0.2, -0.15) is 5.26 Å². The average Bonchev–Trinajstić information content (AvgIpc) is 2.94. The highest BCUT2D eigenvalue weighted by atomic mass is 32.1. The Bertz CT molecular complexity index is 724. The van der Waals surface area contributed by atoms with Crippen LogP contribution in [0.1, 0.15) is 12.5 Å². The number of nitrogens with zero attached hydrogens (tertiary/aromatic N) is 3. The highest BCUT2D eigenvalue weighted by Crippen LogP contribution is 2.31. The zero-order valence-corrected chi connectivity index (χ0v) is 13.5. The van der Waals surface area contributed by atoms with Gasteiger partial charge in [0.1, 0.15) is 11.8 Å². The van der Waals surface area contributed by atoms with Crippen molar-refractivity contribution in [3.05, 3.63) is 36.0 Å². The van der Waals surface area contributed by atoms with Crippen molar-refractivity contribution in [2.24, 2.45) is 0 Å². The van der Waals surface area contributed by atoms with Crippen LogP contribution in [0.25, 0.3) is 0 Å². The molecule has 0 saturated heterocycles. The van der Waals surface area contributed by atoms with Crippen LogP contribution in [0, 0.1) is 11.3 Å². The Labute approximate surface area is 137 Å². The van der Waals surface area contributed by atoms with E-state index in [0.29, 0.717) is 21.5 Å². The van der Waals surface area contributed by atoms with E-state index in [0.717, 1.165) is 11.3 Å². The second kappa shape index (κ2) is 7.58. The van der Waals surface area contributed by atoms with Crippen molar-refractivity contribution in [1.82, 2.24) is 9.88 Å². The Balaban J connectivity index is 2.01. The zero-order chi connectivity index (χ0) is 16.8. The first-order valence-corrected chi connectivity index (χ1v) is 7.64. The van der Waals surface area contributed by atoms with E-state index in [9.17, 15) is 9.90 Å². The molecule has 0 aliphatic carbocycles. The Morgan fingerprint density at radius 3 is 3.00 bits per heavy atom. The minimum atomic E-state index is -0.608. The standard InChI is InChI=1S/C15H16N4O3S/c1-10(20)9-19(2)15(21)18-14-17-8-13(23-14)22-12-6-4-3-5-11(12)7-16/h3-6,8,10,20H,9H2,1-2H3,(H,17,18,21)/t10-/m0/s1. The van der Waals surface area contributed by atoms with Crippen molar-refractivity contribution < 1.29 is 14.6 Å². The van der Waals surface area contributed by atoms with Crippen molar-refractivity contribution in [2.75, 3.05) is 18.9 Å². The lowest BCUT2D eigenvalue weighted by atomic mass is 10.2. The van der Waals surface area contributed by atoms with Crippen LogP contribution in [0.5, 0.6) is 10.8 Å². The summed E-state index contributed by atoms with van der Waals surface area (Å²) in [5.74, 6) is 0.433. The summed E-state index contributed by atoms with van der Waals surface area (Å²) in [5, 5.41) is 21.8. The number of aliphatic hydroxyl groups is 1. The number of benzene rings is 1. The third kappa shape index (κ3) is 4.67. The molecule has 0 saturated carbocycles. The van der Waals surface area contributed by atoms with Gasteiger partial charge >= 0.3 is 6.03 Å². The number of amides is 2. The van der Waals surface area contributed by atoms with E-state index in [1.165, 1.54) is 11.1 Å². The van der Waals surface area contributed by atoms with Crippen molar-refractivity contribution >= 4 is 22.5 Å². The Hall–Kier alpha value is -2.63. The van der Waals surface area contributed by atoms with Crippen LogP contribution in [0.15, 0.2) is 30.5 Å². The number of thiazole rings is 1. The van der Waals surface area contributed by atoms with Gasteiger partial charge in [-0.1, -0.05) is 23.5 Å². The number of likely N-dealkylation sites (N-methyl/N-ethyl adjacent to an activating group) is 1. The molecule has 0 bridgehead atoms. The molecule has 120 valence electrons. The molecule has 0 fully saturated rings. The first kappa shape index (κ1) is 16.7. The minimum Gasteiger partial charge on any atom is -0.444 e. The number of urea groups is 1. The summed E-state index contributed by atoms with van der Waals surface area (Å²) in [6.07, 6.45) is 0.867. The largest absolute Gasteiger partial charge is 0.444 e. The fraction of sp³-hybridized carbons (Fsp3) is 0.267. The van der Waals surface area contributed by atoms with Gasteiger partial charge in [-0.25, -0.2) is 9.78 Å². The van der Waals surface area contributed by atoms with Gasteiger partial charge in [-0.15, -0.1) is 0 Å². The summed E-state index contributed by atoms with van der Waals surface area (Å²) < 4.78 is 5.62. The molecule has 2 rings (SSSR count). The molecule has 0 aliphatic heterocycles. The number of ether oxygens (including phenoxy) is 1. The number of anilines is 1. The second-order valence-corrected chi connectivity index (χ2v) is 5.85. The maximum atomic E-state index is 11.9. The van der Waals surface area contributed by atoms with E-state index in [-0.39, 0.29) is 12.6 Å². The highest BCUT2D eigenvalue weighted by molar-refractivity contribution is 7.17. The lowest BCUT2D eigenvalue weighted by Gasteiger charge is -2.18. The van der Waals surface area contributed by atoms with E-state index in [2.05, 4.69) is 10.3 Å². The van der Waals surface area contributed by atoms with Gasteiger partial charge in [0.15, 0.2) is 5.13 Å². The molecule has 0 aliphatic rings. The Kier molecular flexibility index (Phi) is 5.51. The number of aromatic nitrogens is 1. The van der Waals surface area contributed by atoms with Crippen LogP contribution in [-0.2, 0) is 0 Å². The summed E-state index contributed by atoms with van der Waals surface area (Å²) in [6.45, 7) is 1.82. The summed E-state index contributed by atoms with van der Waals surface area (Å²) in [6, 6.07) is 8.54. The predicted octanol–water partition coefficient (Wildman–Crippen LogP) is 2.65. The summed E-state index contributed by atoms with van der Waals surface area (Å²) in [4.78, 5) is 17.3. The summed E-state index contributed by atoms with van der Waals surface area (Å²) in [7, 11) is 1.58. The van der Waals surface area contributed by atoms with Gasteiger partial charge in [-0.05, 0) is 19.1 Å². The Morgan fingerprint density at radius 1 is 1.57 bits per heavy atom. The number of rotatable bonds is 5. The van der Waals surface area contributed by atoms with Gasteiger partial charge < -0.3 is 14.7 Å².